The molecule has 0 aromatic heterocycles. The van der Waals surface area contributed by atoms with Crippen LogP contribution in [-0.2, 0) is 4.79 Å². The molecular formula is C24H28N2O2. The Morgan fingerprint density at radius 3 is 2.46 bits per heavy atom. The van der Waals surface area contributed by atoms with Crippen LogP contribution in [0, 0.1) is 0 Å². The van der Waals surface area contributed by atoms with E-state index < -0.39 is 0 Å². The summed E-state index contributed by atoms with van der Waals surface area (Å²) in [5.41, 5.74) is 2.99. The van der Waals surface area contributed by atoms with Gasteiger partial charge in [-0.25, -0.2) is 0 Å². The largest absolute Gasteiger partial charge is 0.493 e. The van der Waals surface area contributed by atoms with Crippen molar-refractivity contribution in [1.82, 2.24) is 0 Å². The molecule has 1 aliphatic rings. The smallest absolute Gasteiger partial charge is 0.280 e. The molecule has 4 heteroatoms. The number of hydrogen-bond donors (Lipinski definition) is 0. The summed E-state index contributed by atoms with van der Waals surface area (Å²) in [5.74, 6) is 0.697. The number of hydrogen-bond acceptors (Lipinski definition) is 3. The third kappa shape index (κ3) is 4.89. The first kappa shape index (κ1) is 19.9. The van der Waals surface area contributed by atoms with E-state index in [1.54, 1.807) is 0 Å². The minimum absolute atomic E-state index is 0.113. The lowest BCUT2D eigenvalue weighted by molar-refractivity contribution is -0.114. The molecule has 0 saturated carbocycles. The second-order valence-electron chi connectivity index (χ2n) is 7.00. The lowest BCUT2D eigenvalue weighted by Crippen LogP contribution is -2.21. The predicted molar refractivity (Wildman–Crippen MR) is 116 cm³/mol. The fourth-order valence-corrected chi connectivity index (χ4v) is 3.20. The van der Waals surface area contributed by atoms with Gasteiger partial charge >= 0.3 is 0 Å². The normalized spacial score (nSPS) is 15.2. The highest BCUT2D eigenvalue weighted by molar-refractivity contribution is 6.32. The Kier molecular flexibility index (Phi) is 7.01. The summed E-state index contributed by atoms with van der Waals surface area (Å²) >= 11 is 0. The van der Waals surface area contributed by atoms with Crippen molar-refractivity contribution in [3.05, 3.63) is 65.7 Å². The summed E-state index contributed by atoms with van der Waals surface area (Å²) in [7, 11) is 0. The van der Waals surface area contributed by atoms with Gasteiger partial charge in [-0.05, 0) is 37.6 Å². The molecule has 146 valence electrons. The summed E-state index contributed by atoms with van der Waals surface area (Å²) < 4.78 is 6.00. The maximum absolute atomic E-state index is 12.9. The molecule has 0 N–H and O–H groups in total. The molecule has 28 heavy (non-hydrogen) atoms. The van der Waals surface area contributed by atoms with Crippen LogP contribution in [-0.4, -0.2) is 18.2 Å². The number of rotatable bonds is 9. The number of anilines is 1. The number of carbonyl (C=O) groups is 1. The second kappa shape index (κ2) is 9.88. The standard InChI is InChI=1S/C24H28N2O2/c1-3-4-5-6-12-17-28-23-16-11-10-13-20(23)18-22-19(2)25-26(24(22)27)21-14-8-7-9-15-21/h7-11,13-16,18H,3-6,12,17H2,1-2H3/b22-18+. The Hall–Kier alpha value is -2.88. The van der Waals surface area contributed by atoms with Gasteiger partial charge in [-0.3, -0.25) is 4.79 Å². The van der Waals surface area contributed by atoms with E-state index in [1.807, 2.05) is 67.6 Å². The van der Waals surface area contributed by atoms with Crippen molar-refractivity contribution in [2.24, 2.45) is 5.10 Å². The summed E-state index contributed by atoms with van der Waals surface area (Å²) in [6, 6.07) is 17.3. The summed E-state index contributed by atoms with van der Waals surface area (Å²) in [6.45, 7) is 4.78. The van der Waals surface area contributed by atoms with Crippen molar-refractivity contribution in [1.29, 1.82) is 0 Å². The number of nitrogens with zero attached hydrogens (tertiary/aromatic N) is 2. The first-order valence-electron chi connectivity index (χ1n) is 10.1. The van der Waals surface area contributed by atoms with Crippen molar-refractivity contribution in [3.8, 4) is 5.75 Å². The molecule has 0 radical (unpaired) electrons. The fourth-order valence-electron chi connectivity index (χ4n) is 3.20. The maximum Gasteiger partial charge on any atom is 0.280 e. The zero-order valence-corrected chi connectivity index (χ0v) is 16.7. The van der Waals surface area contributed by atoms with Gasteiger partial charge in [-0.2, -0.15) is 10.1 Å². The molecule has 0 fully saturated rings. The molecule has 0 aliphatic carbocycles. The molecule has 0 atom stereocenters. The van der Waals surface area contributed by atoms with Crippen LogP contribution in [0.25, 0.3) is 6.08 Å². The van der Waals surface area contributed by atoms with Crippen LogP contribution in [0.15, 0.2) is 65.3 Å². The van der Waals surface area contributed by atoms with Crippen LogP contribution in [0.5, 0.6) is 5.75 Å². The van der Waals surface area contributed by atoms with Crippen LogP contribution in [0.4, 0.5) is 5.69 Å². The molecule has 1 heterocycles. The SMILES string of the molecule is CCCCCCCOc1ccccc1/C=C1/C(=O)N(c2ccccc2)N=C1C. The monoisotopic (exact) mass is 376 g/mol. The van der Waals surface area contributed by atoms with Gasteiger partial charge in [0.15, 0.2) is 0 Å². The molecule has 2 aromatic carbocycles. The molecule has 0 spiro atoms. The fraction of sp³-hybridized carbons (Fsp3) is 0.333. The molecule has 2 aromatic rings. The molecule has 4 nitrogen and oxygen atoms in total. The average molecular weight is 377 g/mol. The average Bonchev–Trinajstić information content (AvgIpc) is 3.00. The molecule has 1 aliphatic heterocycles. The predicted octanol–water partition coefficient (Wildman–Crippen LogP) is 5.84. The van der Waals surface area contributed by atoms with Gasteiger partial charge in [-0.1, -0.05) is 69.0 Å². The van der Waals surface area contributed by atoms with Crippen molar-refractivity contribution < 1.29 is 9.53 Å². The van der Waals surface area contributed by atoms with Crippen LogP contribution in [0.1, 0.15) is 51.5 Å². The van der Waals surface area contributed by atoms with Crippen molar-refractivity contribution >= 4 is 23.4 Å². The Bertz CT molecular complexity index is 856. The van der Waals surface area contributed by atoms with E-state index in [9.17, 15) is 4.79 Å². The maximum atomic E-state index is 12.9. The molecule has 0 saturated heterocycles. The van der Waals surface area contributed by atoms with Gasteiger partial charge in [0.25, 0.3) is 5.91 Å². The first-order valence-corrected chi connectivity index (χ1v) is 10.1. The summed E-state index contributed by atoms with van der Waals surface area (Å²) in [5, 5.41) is 5.90. The Balaban J connectivity index is 1.71. The van der Waals surface area contributed by atoms with Gasteiger partial charge in [0.1, 0.15) is 5.75 Å². The van der Waals surface area contributed by atoms with Gasteiger partial charge in [0, 0.05) is 5.56 Å². The third-order valence-electron chi connectivity index (χ3n) is 4.79. The van der Waals surface area contributed by atoms with Gasteiger partial charge in [0.2, 0.25) is 0 Å². The minimum Gasteiger partial charge on any atom is -0.493 e. The number of benzene rings is 2. The van der Waals surface area contributed by atoms with Gasteiger partial charge in [0.05, 0.1) is 23.6 Å². The lowest BCUT2D eigenvalue weighted by atomic mass is 10.1. The van der Waals surface area contributed by atoms with E-state index in [2.05, 4.69) is 12.0 Å². The quantitative estimate of drug-likeness (QED) is 0.407. The Labute approximate surface area is 167 Å². The highest BCUT2D eigenvalue weighted by Gasteiger charge is 2.28. The first-order chi connectivity index (χ1) is 13.7. The van der Waals surface area contributed by atoms with Crippen LogP contribution in [0.2, 0.25) is 0 Å². The Morgan fingerprint density at radius 2 is 1.68 bits per heavy atom. The van der Waals surface area contributed by atoms with E-state index in [1.165, 1.54) is 30.7 Å². The highest BCUT2D eigenvalue weighted by atomic mass is 16.5. The van der Waals surface area contributed by atoms with Crippen molar-refractivity contribution in [3.63, 3.8) is 0 Å². The minimum atomic E-state index is -0.113. The van der Waals surface area contributed by atoms with Gasteiger partial charge < -0.3 is 4.74 Å². The molecule has 0 bridgehead atoms. The topological polar surface area (TPSA) is 41.9 Å². The van der Waals surface area contributed by atoms with E-state index in [0.29, 0.717) is 17.9 Å². The molecular weight excluding hydrogens is 348 g/mol. The van der Waals surface area contributed by atoms with Crippen LogP contribution in [0.3, 0.4) is 0 Å². The van der Waals surface area contributed by atoms with E-state index in [4.69, 9.17) is 4.74 Å². The van der Waals surface area contributed by atoms with Gasteiger partial charge in [-0.15, -0.1) is 0 Å². The van der Waals surface area contributed by atoms with E-state index >= 15 is 0 Å². The van der Waals surface area contributed by atoms with E-state index in [-0.39, 0.29) is 5.91 Å². The third-order valence-corrected chi connectivity index (χ3v) is 4.79. The van der Waals surface area contributed by atoms with E-state index in [0.717, 1.165) is 23.4 Å². The number of amides is 1. The summed E-state index contributed by atoms with van der Waals surface area (Å²) in [4.78, 5) is 12.9. The Morgan fingerprint density at radius 1 is 0.964 bits per heavy atom. The number of carbonyl (C=O) groups excluding carboxylic acids is 1. The zero-order chi connectivity index (χ0) is 19.8. The molecule has 1 amide bonds. The zero-order valence-electron chi connectivity index (χ0n) is 16.7. The van der Waals surface area contributed by atoms with Crippen molar-refractivity contribution in [2.45, 2.75) is 46.0 Å². The van der Waals surface area contributed by atoms with Crippen LogP contribution >= 0.6 is 0 Å². The summed E-state index contributed by atoms with van der Waals surface area (Å²) in [6.07, 6.45) is 7.90. The number of hydrazone groups is 1. The van der Waals surface area contributed by atoms with Crippen LogP contribution < -0.4 is 9.75 Å². The second-order valence-corrected chi connectivity index (χ2v) is 7.00. The molecule has 3 rings (SSSR count). The molecule has 0 unspecified atom stereocenters. The number of para-hydroxylation sites is 2. The lowest BCUT2D eigenvalue weighted by Gasteiger charge is -2.12. The highest BCUT2D eigenvalue weighted by Crippen LogP contribution is 2.27. The van der Waals surface area contributed by atoms with Crippen molar-refractivity contribution in [2.75, 3.05) is 11.6 Å². The number of ether oxygens (including phenoxy) is 1. The number of unbranched alkanes of at least 4 members (excludes halogenated alkanes) is 4.